The van der Waals surface area contributed by atoms with Crippen molar-refractivity contribution >= 4 is 11.6 Å². The van der Waals surface area contributed by atoms with Gasteiger partial charge in [0, 0.05) is 0 Å². The Morgan fingerprint density at radius 3 is 2.67 bits per heavy atom. The predicted octanol–water partition coefficient (Wildman–Crippen LogP) is 2.18. The van der Waals surface area contributed by atoms with E-state index >= 15 is 0 Å². The van der Waals surface area contributed by atoms with Crippen molar-refractivity contribution in [1.29, 1.82) is 0 Å². The molecule has 0 aliphatic heterocycles. The van der Waals surface area contributed by atoms with E-state index in [0.29, 0.717) is 0 Å². The smallest absolute Gasteiger partial charge is 0.208 e. The number of rotatable bonds is 0. The van der Waals surface area contributed by atoms with Crippen LogP contribution in [-0.4, -0.2) is 4.98 Å². The van der Waals surface area contributed by atoms with Crippen LogP contribution in [-0.2, 0) is 0 Å². The fraction of sp³-hybridized carbons (Fsp3) is 0.167. The average Bonchev–Trinajstić information content (AvgIpc) is 1.80. The van der Waals surface area contributed by atoms with Crippen molar-refractivity contribution in [3.63, 3.8) is 0 Å². The second-order valence-corrected chi connectivity index (χ2v) is 2.10. The van der Waals surface area contributed by atoms with Gasteiger partial charge in [-0.05, 0) is 18.6 Å². The van der Waals surface area contributed by atoms with E-state index in [2.05, 4.69) is 4.98 Å². The number of hydrogen-bond donors (Lipinski definition) is 0. The van der Waals surface area contributed by atoms with E-state index in [9.17, 15) is 4.39 Å². The lowest BCUT2D eigenvalue weighted by atomic mass is 10.3. The number of nitrogens with zero attached hydrogens (tertiary/aromatic N) is 1. The van der Waals surface area contributed by atoms with Gasteiger partial charge in [0.15, 0.2) is 0 Å². The molecule has 0 aliphatic carbocycles. The largest absolute Gasteiger partial charge is 0.214 e. The second kappa shape index (κ2) is 2.31. The lowest BCUT2D eigenvalue weighted by Gasteiger charge is -1.92. The van der Waals surface area contributed by atoms with Crippen LogP contribution in [0.25, 0.3) is 0 Å². The van der Waals surface area contributed by atoms with Crippen LogP contribution >= 0.6 is 11.6 Å². The van der Waals surface area contributed by atoms with Gasteiger partial charge in [-0.25, -0.2) is 4.98 Å². The molecule has 0 aromatic carbocycles. The molecule has 0 atom stereocenters. The molecule has 0 fully saturated rings. The van der Waals surface area contributed by atoms with Gasteiger partial charge in [-0.15, -0.1) is 0 Å². The number of pyridine rings is 1. The highest BCUT2D eigenvalue weighted by molar-refractivity contribution is 6.30. The Hall–Kier alpha value is -0.630. The molecule has 3 heteroatoms. The zero-order chi connectivity index (χ0) is 6.85. The molecule has 1 rings (SSSR count). The van der Waals surface area contributed by atoms with Crippen molar-refractivity contribution in [2.75, 3.05) is 0 Å². The molecule has 1 heterocycles. The zero-order valence-electron chi connectivity index (χ0n) is 4.86. The van der Waals surface area contributed by atoms with Crippen LogP contribution in [0.1, 0.15) is 5.56 Å². The Balaban J connectivity index is 3.17. The molecule has 48 valence electrons. The molecule has 0 saturated heterocycles. The third kappa shape index (κ3) is 1.39. The summed E-state index contributed by atoms with van der Waals surface area (Å²) >= 11 is 5.46. The van der Waals surface area contributed by atoms with Gasteiger partial charge in [-0.1, -0.05) is 17.7 Å². The summed E-state index contributed by atoms with van der Waals surface area (Å²) in [6.45, 7) is 1.77. The summed E-state index contributed by atoms with van der Waals surface area (Å²) in [6.07, 6.45) is 0. The Kier molecular flexibility index (Phi) is 1.67. The molecule has 0 unspecified atom stereocenters. The summed E-state index contributed by atoms with van der Waals surface area (Å²) in [4.78, 5) is 3.37. The normalized spacial score (nSPS) is 9.67. The molecule has 0 saturated carbocycles. The average molecular weight is 146 g/mol. The SMILES string of the molecule is Cc1ccc(F)nc1Cl. The molecule has 0 bridgehead atoms. The third-order valence-corrected chi connectivity index (χ3v) is 1.38. The van der Waals surface area contributed by atoms with E-state index in [1.807, 2.05) is 0 Å². The van der Waals surface area contributed by atoms with Crippen LogP contribution < -0.4 is 0 Å². The van der Waals surface area contributed by atoms with Gasteiger partial charge in [0.25, 0.3) is 0 Å². The van der Waals surface area contributed by atoms with Crippen molar-refractivity contribution in [2.24, 2.45) is 0 Å². The van der Waals surface area contributed by atoms with Crippen LogP contribution in [0.4, 0.5) is 4.39 Å². The molecule has 0 N–H and O–H groups in total. The number of aromatic nitrogens is 1. The highest BCUT2D eigenvalue weighted by Crippen LogP contribution is 2.10. The van der Waals surface area contributed by atoms with Gasteiger partial charge in [-0.3, -0.25) is 0 Å². The molecule has 0 aliphatic rings. The second-order valence-electron chi connectivity index (χ2n) is 1.74. The molecular weight excluding hydrogens is 141 g/mol. The number of aryl methyl sites for hydroxylation is 1. The van der Waals surface area contributed by atoms with Crippen molar-refractivity contribution in [1.82, 2.24) is 4.98 Å². The van der Waals surface area contributed by atoms with Crippen molar-refractivity contribution in [3.8, 4) is 0 Å². The summed E-state index contributed by atoms with van der Waals surface area (Å²) in [6, 6.07) is 2.87. The van der Waals surface area contributed by atoms with E-state index in [1.54, 1.807) is 13.0 Å². The van der Waals surface area contributed by atoms with Gasteiger partial charge in [0.1, 0.15) is 5.15 Å². The fourth-order valence-electron chi connectivity index (χ4n) is 0.482. The van der Waals surface area contributed by atoms with Gasteiger partial charge in [0.2, 0.25) is 5.95 Å². The summed E-state index contributed by atoms with van der Waals surface area (Å²) in [5.41, 5.74) is 0.790. The van der Waals surface area contributed by atoms with Gasteiger partial charge < -0.3 is 0 Å². The van der Waals surface area contributed by atoms with Gasteiger partial charge >= 0.3 is 0 Å². The summed E-state index contributed by atoms with van der Waals surface area (Å²) < 4.78 is 12.2. The van der Waals surface area contributed by atoms with Crippen LogP contribution in [0.5, 0.6) is 0 Å². The van der Waals surface area contributed by atoms with Gasteiger partial charge in [-0.2, -0.15) is 4.39 Å². The number of halogens is 2. The lowest BCUT2D eigenvalue weighted by Crippen LogP contribution is -1.84. The molecule has 1 nitrogen and oxygen atoms in total. The molecular formula is C6H5ClFN. The van der Waals surface area contributed by atoms with Crippen LogP contribution in [0, 0.1) is 12.9 Å². The van der Waals surface area contributed by atoms with Crippen LogP contribution in [0.2, 0.25) is 5.15 Å². The maximum absolute atomic E-state index is 12.2. The van der Waals surface area contributed by atoms with Crippen molar-refractivity contribution in [2.45, 2.75) is 6.92 Å². The highest BCUT2D eigenvalue weighted by Gasteiger charge is 1.95. The predicted molar refractivity (Wildman–Crippen MR) is 33.9 cm³/mol. The lowest BCUT2D eigenvalue weighted by molar-refractivity contribution is 0.583. The Labute approximate surface area is 57.5 Å². The minimum atomic E-state index is -0.536. The highest BCUT2D eigenvalue weighted by atomic mass is 35.5. The monoisotopic (exact) mass is 145 g/mol. The van der Waals surface area contributed by atoms with E-state index in [-0.39, 0.29) is 5.15 Å². The maximum Gasteiger partial charge on any atom is 0.214 e. The standard InChI is InChI=1S/C6H5ClFN/c1-4-2-3-5(8)9-6(4)7/h2-3H,1H3. The Morgan fingerprint density at radius 1 is 1.56 bits per heavy atom. The molecule has 1 aromatic rings. The van der Waals surface area contributed by atoms with Crippen molar-refractivity contribution in [3.05, 3.63) is 28.8 Å². The minimum Gasteiger partial charge on any atom is -0.208 e. The fourth-order valence-corrected chi connectivity index (χ4v) is 0.625. The minimum absolute atomic E-state index is 0.231. The van der Waals surface area contributed by atoms with Crippen LogP contribution in [0.3, 0.4) is 0 Å². The molecule has 0 radical (unpaired) electrons. The van der Waals surface area contributed by atoms with E-state index in [4.69, 9.17) is 11.6 Å². The quantitative estimate of drug-likeness (QED) is 0.510. The van der Waals surface area contributed by atoms with Gasteiger partial charge in [0.05, 0.1) is 0 Å². The molecule has 9 heavy (non-hydrogen) atoms. The van der Waals surface area contributed by atoms with Crippen molar-refractivity contribution < 1.29 is 4.39 Å². The first-order valence-corrected chi connectivity index (χ1v) is 2.86. The summed E-state index contributed by atoms with van der Waals surface area (Å²) in [5, 5.41) is 0.231. The summed E-state index contributed by atoms with van der Waals surface area (Å²) in [5.74, 6) is -0.536. The van der Waals surface area contributed by atoms with E-state index in [0.717, 1.165) is 5.56 Å². The van der Waals surface area contributed by atoms with E-state index < -0.39 is 5.95 Å². The summed E-state index contributed by atoms with van der Waals surface area (Å²) in [7, 11) is 0. The molecule has 0 amide bonds. The Morgan fingerprint density at radius 2 is 2.22 bits per heavy atom. The number of hydrogen-bond acceptors (Lipinski definition) is 1. The maximum atomic E-state index is 12.2. The molecule has 1 aromatic heterocycles. The first kappa shape index (κ1) is 6.49. The van der Waals surface area contributed by atoms with E-state index in [1.165, 1.54) is 6.07 Å². The Bertz CT molecular complexity index is 224. The third-order valence-electron chi connectivity index (χ3n) is 1.00. The first-order valence-electron chi connectivity index (χ1n) is 2.49. The zero-order valence-corrected chi connectivity index (χ0v) is 5.61. The topological polar surface area (TPSA) is 12.9 Å². The molecule has 0 spiro atoms. The van der Waals surface area contributed by atoms with Crippen LogP contribution in [0.15, 0.2) is 12.1 Å². The first-order chi connectivity index (χ1) is 4.20.